The van der Waals surface area contributed by atoms with Gasteiger partial charge in [-0.2, -0.15) is 0 Å². The van der Waals surface area contributed by atoms with E-state index in [4.69, 9.17) is 11.6 Å². The van der Waals surface area contributed by atoms with Crippen molar-refractivity contribution in [2.24, 2.45) is 0 Å². The standard InChI is InChI=1S/C16H25ClN2OS/c1-18(2)13-16(20)7-9-19(10-8-16)11-12-21-15-5-3-14(17)4-6-15/h3-6,20H,7-13H2,1-2H3. The minimum Gasteiger partial charge on any atom is -0.388 e. The van der Waals surface area contributed by atoms with Crippen LogP contribution in [0.3, 0.4) is 0 Å². The van der Waals surface area contributed by atoms with E-state index >= 15 is 0 Å². The molecule has 1 N–H and O–H groups in total. The molecule has 1 fully saturated rings. The molecule has 0 bridgehead atoms. The average Bonchev–Trinajstić information content (AvgIpc) is 2.42. The zero-order valence-electron chi connectivity index (χ0n) is 12.9. The molecular weight excluding hydrogens is 304 g/mol. The molecule has 0 unspecified atom stereocenters. The van der Waals surface area contributed by atoms with Gasteiger partial charge in [0.15, 0.2) is 0 Å². The van der Waals surface area contributed by atoms with Crippen LogP contribution in [0.1, 0.15) is 12.8 Å². The maximum Gasteiger partial charge on any atom is 0.0798 e. The number of piperidine rings is 1. The molecule has 0 atom stereocenters. The number of nitrogens with zero attached hydrogens (tertiary/aromatic N) is 2. The van der Waals surface area contributed by atoms with Crippen molar-refractivity contribution in [3.63, 3.8) is 0 Å². The highest BCUT2D eigenvalue weighted by molar-refractivity contribution is 7.99. The lowest BCUT2D eigenvalue weighted by Crippen LogP contribution is -2.49. The molecule has 1 aromatic rings. The molecule has 0 radical (unpaired) electrons. The Kier molecular flexibility index (Phi) is 6.38. The molecule has 3 nitrogen and oxygen atoms in total. The van der Waals surface area contributed by atoms with Crippen molar-refractivity contribution in [2.75, 3.05) is 46.0 Å². The quantitative estimate of drug-likeness (QED) is 0.812. The zero-order chi connectivity index (χ0) is 15.3. The van der Waals surface area contributed by atoms with Crippen molar-refractivity contribution in [1.82, 2.24) is 9.80 Å². The smallest absolute Gasteiger partial charge is 0.0798 e. The first-order valence-electron chi connectivity index (χ1n) is 7.45. The summed E-state index contributed by atoms with van der Waals surface area (Å²) in [4.78, 5) is 5.79. The fourth-order valence-corrected chi connectivity index (χ4v) is 3.80. The van der Waals surface area contributed by atoms with E-state index in [1.165, 1.54) is 4.90 Å². The van der Waals surface area contributed by atoms with E-state index in [1.54, 1.807) is 0 Å². The van der Waals surface area contributed by atoms with Crippen LogP contribution < -0.4 is 0 Å². The highest BCUT2D eigenvalue weighted by atomic mass is 35.5. The highest BCUT2D eigenvalue weighted by Crippen LogP contribution is 2.24. The van der Waals surface area contributed by atoms with Crippen LogP contribution in [0.15, 0.2) is 29.2 Å². The van der Waals surface area contributed by atoms with Gasteiger partial charge in [-0.3, -0.25) is 0 Å². The third-order valence-electron chi connectivity index (χ3n) is 3.89. The van der Waals surface area contributed by atoms with Crippen molar-refractivity contribution >= 4 is 23.4 Å². The van der Waals surface area contributed by atoms with Gasteiger partial charge in [-0.05, 0) is 51.2 Å². The average molecular weight is 329 g/mol. The normalized spacial score (nSPS) is 19.1. The fraction of sp³-hybridized carbons (Fsp3) is 0.625. The van der Waals surface area contributed by atoms with Crippen molar-refractivity contribution < 1.29 is 5.11 Å². The summed E-state index contributed by atoms with van der Waals surface area (Å²) in [5.41, 5.74) is -0.497. The van der Waals surface area contributed by atoms with E-state index in [-0.39, 0.29) is 0 Å². The molecule has 0 aromatic heterocycles. The Balaban J connectivity index is 1.68. The van der Waals surface area contributed by atoms with Gasteiger partial charge in [0.2, 0.25) is 0 Å². The molecule has 118 valence electrons. The van der Waals surface area contributed by atoms with Crippen LogP contribution in [0.5, 0.6) is 0 Å². The number of thioether (sulfide) groups is 1. The van der Waals surface area contributed by atoms with Crippen LogP contribution in [0.25, 0.3) is 0 Å². The van der Waals surface area contributed by atoms with Gasteiger partial charge in [-0.15, -0.1) is 11.8 Å². The second-order valence-corrected chi connectivity index (χ2v) is 7.71. The number of likely N-dealkylation sites (tertiary alicyclic amines) is 1. The lowest BCUT2D eigenvalue weighted by atomic mass is 9.91. The molecule has 1 aliphatic rings. The van der Waals surface area contributed by atoms with E-state index < -0.39 is 5.60 Å². The lowest BCUT2D eigenvalue weighted by Gasteiger charge is -2.39. The minimum absolute atomic E-state index is 0.497. The van der Waals surface area contributed by atoms with Crippen molar-refractivity contribution in [3.8, 4) is 0 Å². The molecular formula is C16H25ClN2OS. The van der Waals surface area contributed by atoms with Gasteiger partial charge in [0.25, 0.3) is 0 Å². The Morgan fingerprint density at radius 2 is 1.86 bits per heavy atom. The summed E-state index contributed by atoms with van der Waals surface area (Å²) in [5, 5.41) is 11.3. The molecule has 0 saturated carbocycles. The van der Waals surface area contributed by atoms with Gasteiger partial charge in [0.1, 0.15) is 0 Å². The number of benzene rings is 1. The van der Waals surface area contributed by atoms with Gasteiger partial charge >= 0.3 is 0 Å². The molecule has 2 rings (SSSR count). The largest absolute Gasteiger partial charge is 0.388 e. The van der Waals surface area contributed by atoms with Gasteiger partial charge in [-0.1, -0.05) is 11.6 Å². The zero-order valence-corrected chi connectivity index (χ0v) is 14.5. The van der Waals surface area contributed by atoms with Gasteiger partial charge in [0.05, 0.1) is 5.60 Å². The Hall–Kier alpha value is -0.260. The Morgan fingerprint density at radius 3 is 2.43 bits per heavy atom. The summed E-state index contributed by atoms with van der Waals surface area (Å²) in [5.74, 6) is 1.08. The second-order valence-electron chi connectivity index (χ2n) is 6.11. The lowest BCUT2D eigenvalue weighted by molar-refractivity contribution is -0.0360. The maximum absolute atomic E-state index is 10.5. The van der Waals surface area contributed by atoms with Crippen molar-refractivity contribution in [2.45, 2.75) is 23.3 Å². The molecule has 0 aliphatic carbocycles. The first-order chi connectivity index (χ1) is 9.97. The van der Waals surface area contributed by atoms with Crippen molar-refractivity contribution in [3.05, 3.63) is 29.3 Å². The summed E-state index contributed by atoms with van der Waals surface area (Å²) in [6.45, 7) is 3.82. The van der Waals surface area contributed by atoms with Gasteiger partial charge < -0.3 is 14.9 Å². The summed E-state index contributed by atoms with van der Waals surface area (Å²) in [6, 6.07) is 8.01. The Labute approximate surface area is 137 Å². The molecule has 21 heavy (non-hydrogen) atoms. The third kappa shape index (κ3) is 5.80. The van der Waals surface area contributed by atoms with Crippen LogP contribution in [-0.4, -0.2) is 66.5 Å². The fourth-order valence-electron chi connectivity index (χ4n) is 2.76. The number of hydrogen-bond donors (Lipinski definition) is 1. The highest BCUT2D eigenvalue weighted by Gasteiger charge is 2.32. The monoisotopic (exact) mass is 328 g/mol. The first-order valence-corrected chi connectivity index (χ1v) is 8.81. The van der Waals surface area contributed by atoms with Gasteiger partial charge in [-0.25, -0.2) is 0 Å². The van der Waals surface area contributed by atoms with Crippen LogP contribution in [-0.2, 0) is 0 Å². The SMILES string of the molecule is CN(C)CC1(O)CCN(CCSc2ccc(Cl)cc2)CC1. The van der Waals surface area contributed by atoms with Crippen LogP contribution in [0.4, 0.5) is 0 Å². The predicted molar refractivity (Wildman–Crippen MR) is 91.4 cm³/mol. The second kappa shape index (κ2) is 7.84. The number of likely N-dealkylation sites (N-methyl/N-ethyl adjacent to an activating group) is 1. The predicted octanol–water partition coefficient (Wildman–Crippen LogP) is 2.82. The maximum atomic E-state index is 10.5. The third-order valence-corrected chi connectivity index (χ3v) is 5.13. The van der Waals surface area contributed by atoms with E-state index in [9.17, 15) is 5.11 Å². The van der Waals surface area contributed by atoms with Gasteiger partial charge in [0, 0.05) is 41.8 Å². The van der Waals surface area contributed by atoms with E-state index in [0.29, 0.717) is 0 Å². The number of halogens is 1. The minimum atomic E-state index is -0.497. The Bertz CT molecular complexity index is 430. The summed E-state index contributed by atoms with van der Waals surface area (Å²) >= 11 is 7.75. The number of rotatable bonds is 6. The molecule has 1 aromatic carbocycles. The van der Waals surface area contributed by atoms with E-state index in [0.717, 1.165) is 49.8 Å². The summed E-state index contributed by atoms with van der Waals surface area (Å²) < 4.78 is 0. The summed E-state index contributed by atoms with van der Waals surface area (Å²) in [6.07, 6.45) is 1.74. The number of hydrogen-bond acceptors (Lipinski definition) is 4. The molecule has 0 spiro atoms. The molecule has 1 saturated heterocycles. The van der Waals surface area contributed by atoms with Crippen LogP contribution >= 0.6 is 23.4 Å². The first kappa shape index (κ1) is 17.1. The molecule has 0 amide bonds. The Morgan fingerprint density at radius 1 is 1.24 bits per heavy atom. The van der Waals surface area contributed by atoms with Crippen LogP contribution in [0.2, 0.25) is 5.02 Å². The van der Waals surface area contributed by atoms with E-state index in [2.05, 4.69) is 21.9 Å². The van der Waals surface area contributed by atoms with Crippen LogP contribution in [0, 0.1) is 0 Å². The summed E-state index contributed by atoms with van der Waals surface area (Å²) in [7, 11) is 4.04. The molecule has 5 heteroatoms. The number of aliphatic hydroxyl groups is 1. The van der Waals surface area contributed by atoms with Crippen molar-refractivity contribution in [1.29, 1.82) is 0 Å². The molecule has 1 aliphatic heterocycles. The van der Waals surface area contributed by atoms with E-state index in [1.807, 2.05) is 38.0 Å². The molecule has 1 heterocycles. The topological polar surface area (TPSA) is 26.7 Å².